The summed E-state index contributed by atoms with van der Waals surface area (Å²) in [5.41, 5.74) is 5.69. The van der Waals surface area contributed by atoms with Gasteiger partial charge in [-0.3, -0.25) is 4.79 Å². The van der Waals surface area contributed by atoms with E-state index in [0.717, 1.165) is 38.9 Å². The standard InChI is InChI=1S/C26H22N4O3/c31-26(32)12-21-16-30(15-18-6-8-20(9-7-18)24-14-27-29-28-24)25-11-10-22(13-23(21)25)33-17-19-4-2-1-3-5-19/h1-11,13-14,16H,12,15,17H2,(H,31,32)(H,27,28,29). The summed E-state index contributed by atoms with van der Waals surface area (Å²) in [4.78, 5) is 11.5. The number of carboxylic acid groups (broad SMARTS) is 1. The fourth-order valence-corrected chi connectivity index (χ4v) is 3.93. The first-order valence-electron chi connectivity index (χ1n) is 10.6. The van der Waals surface area contributed by atoms with Crippen LogP contribution in [0.5, 0.6) is 5.75 Å². The minimum absolute atomic E-state index is 0.0449. The van der Waals surface area contributed by atoms with Crippen LogP contribution in [0.15, 0.2) is 85.2 Å². The number of aromatic amines is 1. The Hall–Kier alpha value is -4.39. The second-order valence-electron chi connectivity index (χ2n) is 7.86. The van der Waals surface area contributed by atoms with E-state index in [-0.39, 0.29) is 6.42 Å². The number of nitrogens with one attached hydrogen (secondary N) is 1. The third-order valence-electron chi connectivity index (χ3n) is 5.54. The van der Waals surface area contributed by atoms with Crippen molar-refractivity contribution in [1.82, 2.24) is 20.0 Å². The lowest BCUT2D eigenvalue weighted by molar-refractivity contribution is -0.136. The summed E-state index contributed by atoms with van der Waals surface area (Å²) in [6.07, 6.45) is 3.56. The van der Waals surface area contributed by atoms with E-state index in [1.807, 2.05) is 79.0 Å². The summed E-state index contributed by atoms with van der Waals surface area (Å²) in [5, 5.41) is 20.9. The predicted octanol–water partition coefficient (Wildman–Crippen LogP) is 4.68. The summed E-state index contributed by atoms with van der Waals surface area (Å²) in [6, 6.07) is 23.9. The van der Waals surface area contributed by atoms with Crippen LogP contribution in [0.25, 0.3) is 22.2 Å². The molecule has 2 heterocycles. The van der Waals surface area contributed by atoms with E-state index in [0.29, 0.717) is 18.9 Å². The van der Waals surface area contributed by atoms with Crippen LogP contribution in [0.1, 0.15) is 16.7 Å². The fraction of sp³-hybridized carbons (Fsp3) is 0.115. The lowest BCUT2D eigenvalue weighted by Gasteiger charge is -2.09. The Morgan fingerprint density at radius 3 is 2.55 bits per heavy atom. The topological polar surface area (TPSA) is 93.0 Å². The van der Waals surface area contributed by atoms with Gasteiger partial charge in [0.2, 0.25) is 0 Å². The molecule has 164 valence electrons. The van der Waals surface area contributed by atoms with Crippen molar-refractivity contribution in [3.8, 4) is 17.0 Å². The van der Waals surface area contributed by atoms with E-state index in [4.69, 9.17) is 4.74 Å². The first kappa shape index (κ1) is 20.5. The highest BCUT2D eigenvalue weighted by Gasteiger charge is 2.13. The molecule has 7 nitrogen and oxygen atoms in total. The highest BCUT2D eigenvalue weighted by molar-refractivity contribution is 5.88. The zero-order chi connectivity index (χ0) is 22.6. The number of aromatic nitrogens is 4. The zero-order valence-electron chi connectivity index (χ0n) is 17.8. The van der Waals surface area contributed by atoms with Crippen molar-refractivity contribution in [2.45, 2.75) is 19.6 Å². The Labute approximate surface area is 190 Å². The molecule has 0 aliphatic rings. The van der Waals surface area contributed by atoms with Crippen LogP contribution in [-0.4, -0.2) is 31.1 Å². The molecule has 0 atom stereocenters. The van der Waals surface area contributed by atoms with Crippen molar-refractivity contribution in [2.24, 2.45) is 0 Å². The molecular weight excluding hydrogens is 416 g/mol. The molecule has 3 aromatic carbocycles. The smallest absolute Gasteiger partial charge is 0.307 e. The van der Waals surface area contributed by atoms with Crippen LogP contribution in [0.3, 0.4) is 0 Å². The highest BCUT2D eigenvalue weighted by Crippen LogP contribution is 2.28. The van der Waals surface area contributed by atoms with Crippen LogP contribution >= 0.6 is 0 Å². The average molecular weight is 438 g/mol. The molecule has 0 saturated heterocycles. The van der Waals surface area contributed by atoms with Crippen molar-refractivity contribution >= 4 is 16.9 Å². The average Bonchev–Trinajstić information content (AvgIpc) is 3.48. The van der Waals surface area contributed by atoms with Crippen LogP contribution in [0.2, 0.25) is 0 Å². The SMILES string of the molecule is O=C(O)Cc1cn(Cc2ccc(-c3cn[nH]n3)cc2)c2ccc(OCc3ccccc3)cc12. The van der Waals surface area contributed by atoms with E-state index in [9.17, 15) is 9.90 Å². The molecule has 0 aliphatic heterocycles. The molecule has 2 aromatic heterocycles. The molecule has 0 amide bonds. The van der Waals surface area contributed by atoms with Crippen molar-refractivity contribution in [3.05, 3.63) is 102 Å². The molecule has 7 heteroatoms. The molecule has 0 spiro atoms. The van der Waals surface area contributed by atoms with Gasteiger partial charge in [-0.25, -0.2) is 0 Å². The number of benzene rings is 3. The third kappa shape index (κ3) is 4.62. The minimum Gasteiger partial charge on any atom is -0.489 e. The maximum absolute atomic E-state index is 11.5. The molecule has 2 N–H and O–H groups in total. The van der Waals surface area contributed by atoms with Crippen molar-refractivity contribution in [3.63, 3.8) is 0 Å². The zero-order valence-corrected chi connectivity index (χ0v) is 17.8. The highest BCUT2D eigenvalue weighted by atomic mass is 16.5. The van der Waals surface area contributed by atoms with Gasteiger partial charge in [-0.15, -0.1) is 0 Å². The largest absolute Gasteiger partial charge is 0.489 e. The van der Waals surface area contributed by atoms with Gasteiger partial charge in [-0.1, -0.05) is 54.6 Å². The van der Waals surface area contributed by atoms with Crippen molar-refractivity contribution in [2.75, 3.05) is 0 Å². The van der Waals surface area contributed by atoms with Gasteiger partial charge < -0.3 is 14.4 Å². The van der Waals surface area contributed by atoms with Gasteiger partial charge in [-0.2, -0.15) is 15.4 Å². The van der Waals surface area contributed by atoms with E-state index in [1.54, 1.807) is 6.20 Å². The Bertz CT molecular complexity index is 1370. The predicted molar refractivity (Wildman–Crippen MR) is 125 cm³/mol. The second kappa shape index (κ2) is 9.00. The summed E-state index contributed by atoms with van der Waals surface area (Å²) in [5.74, 6) is -0.144. The normalized spacial score (nSPS) is 11.0. The van der Waals surface area contributed by atoms with Gasteiger partial charge in [-0.05, 0) is 34.9 Å². The summed E-state index contributed by atoms with van der Waals surface area (Å²) in [6.45, 7) is 1.08. The molecule has 33 heavy (non-hydrogen) atoms. The van der Waals surface area contributed by atoms with Gasteiger partial charge >= 0.3 is 5.97 Å². The molecule has 0 saturated carbocycles. The number of H-pyrrole nitrogens is 1. The molecular formula is C26H22N4O3. The van der Waals surface area contributed by atoms with E-state index in [1.165, 1.54) is 0 Å². The van der Waals surface area contributed by atoms with Crippen molar-refractivity contribution in [1.29, 1.82) is 0 Å². The number of hydrogen-bond donors (Lipinski definition) is 2. The fourth-order valence-electron chi connectivity index (χ4n) is 3.93. The quantitative estimate of drug-likeness (QED) is 0.367. The van der Waals surface area contributed by atoms with Gasteiger partial charge in [0.1, 0.15) is 18.1 Å². The van der Waals surface area contributed by atoms with Gasteiger partial charge in [0.15, 0.2) is 0 Å². The number of aliphatic carboxylic acids is 1. The lowest BCUT2D eigenvalue weighted by Crippen LogP contribution is -2.00. The number of hydrogen-bond acceptors (Lipinski definition) is 4. The maximum Gasteiger partial charge on any atom is 0.307 e. The first-order valence-corrected chi connectivity index (χ1v) is 10.6. The molecule has 5 rings (SSSR count). The van der Waals surface area contributed by atoms with Gasteiger partial charge in [0.05, 0.1) is 12.6 Å². The Balaban J connectivity index is 1.41. The molecule has 0 aliphatic carbocycles. The number of nitrogens with zero attached hydrogens (tertiary/aromatic N) is 3. The van der Waals surface area contributed by atoms with Crippen LogP contribution < -0.4 is 4.74 Å². The summed E-state index contributed by atoms with van der Waals surface area (Å²) in [7, 11) is 0. The number of carboxylic acids is 1. The van der Waals surface area contributed by atoms with Gasteiger partial charge in [0, 0.05) is 29.2 Å². The Morgan fingerprint density at radius 1 is 1.00 bits per heavy atom. The minimum atomic E-state index is -0.860. The van der Waals surface area contributed by atoms with E-state index < -0.39 is 5.97 Å². The number of fused-ring (bicyclic) bond motifs is 1. The lowest BCUT2D eigenvalue weighted by atomic mass is 10.1. The van der Waals surface area contributed by atoms with Crippen LogP contribution in [0.4, 0.5) is 0 Å². The Morgan fingerprint density at radius 2 is 1.82 bits per heavy atom. The van der Waals surface area contributed by atoms with Crippen molar-refractivity contribution < 1.29 is 14.6 Å². The molecule has 0 unspecified atom stereocenters. The summed E-state index contributed by atoms with van der Waals surface area (Å²) >= 11 is 0. The summed E-state index contributed by atoms with van der Waals surface area (Å²) < 4.78 is 8.05. The molecule has 5 aromatic rings. The Kier molecular flexibility index (Phi) is 5.59. The second-order valence-corrected chi connectivity index (χ2v) is 7.86. The number of ether oxygens (including phenoxy) is 1. The van der Waals surface area contributed by atoms with E-state index >= 15 is 0 Å². The molecule has 0 bridgehead atoms. The number of rotatable bonds is 8. The first-order chi connectivity index (χ1) is 16.2. The molecule has 0 radical (unpaired) electrons. The molecule has 0 fully saturated rings. The van der Waals surface area contributed by atoms with Crippen LogP contribution in [-0.2, 0) is 24.4 Å². The maximum atomic E-state index is 11.5. The van der Waals surface area contributed by atoms with Gasteiger partial charge in [0.25, 0.3) is 0 Å². The van der Waals surface area contributed by atoms with Crippen LogP contribution in [0, 0.1) is 0 Å². The number of carbonyl (C=O) groups is 1. The third-order valence-corrected chi connectivity index (χ3v) is 5.54. The van der Waals surface area contributed by atoms with E-state index in [2.05, 4.69) is 20.0 Å². The monoisotopic (exact) mass is 438 g/mol.